The van der Waals surface area contributed by atoms with Crippen LogP contribution < -0.4 is 5.73 Å². The molecule has 0 aromatic heterocycles. The summed E-state index contributed by atoms with van der Waals surface area (Å²) in [5.41, 5.74) is 9.14. The molecule has 2 atom stereocenters. The highest BCUT2D eigenvalue weighted by atomic mass is 16.4. The van der Waals surface area contributed by atoms with E-state index in [1.165, 1.54) is 10.5 Å². The van der Waals surface area contributed by atoms with E-state index in [9.17, 15) is 19.5 Å². The monoisotopic (exact) mass is 514 g/mol. The molecule has 0 saturated carbocycles. The second kappa shape index (κ2) is 12.5. The first kappa shape index (κ1) is 28.6. The molecule has 38 heavy (non-hydrogen) atoms. The lowest BCUT2D eigenvalue weighted by atomic mass is 9.89. The van der Waals surface area contributed by atoms with Crippen molar-refractivity contribution in [2.24, 2.45) is 5.73 Å². The number of hydrogen-bond acceptors (Lipinski definition) is 3. The fourth-order valence-electron chi connectivity index (χ4n) is 4.85. The Balaban J connectivity index is 1.94. The van der Waals surface area contributed by atoms with E-state index in [0.29, 0.717) is 17.9 Å². The number of amides is 2. The standard InChI is InChI=1S/C32H38N2O4/c1-5-22(2)24-11-13-25(14-12-24)26-15-17-27(18-16-26)30(36)34(28(31(37)38)19-20-29(33)35)32(3,4)21-23-9-7-6-8-10-23/h6-18,22,28H,5,19-21H2,1-4H3,(H2,33,35)(H,37,38)/t22?,28-/m0/s1. The van der Waals surface area contributed by atoms with Gasteiger partial charge in [-0.15, -0.1) is 0 Å². The molecule has 3 aromatic rings. The molecule has 0 heterocycles. The molecule has 0 aliphatic carbocycles. The number of benzene rings is 3. The van der Waals surface area contributed by atoms with E-state index in [0.717, 1.165) is 23.1 Å². The van der Waals surface area contributed by atoms with Crippen LogP contribution in [0.4, 0.5) is 0 Å². The highest BCUT2D eigenvalue weighted by molar-refractivity contribution is 5.97. The summed E-state index contributed by atoms with van der Waals surface area (Å²) in [6, 6.07) is 24.1. The van der Waals surface area contributed by atoms with Crippen molar-refractivity contribution in [3.63, 3.8) is 0 Å². The summed E-state index contributed by atoms with van der Waals surface area (Å²) >= 11 is 0. The minimum absolute atomic E-state index is 0.0603. The van der Waals surface area contributed by atoms with Gasteiger partial charge in [-0.2, -0.15) is 0 Å². The number of hydrogen-bond donors (Lipinski definition) is 2. The summed E-state index contributed by atoms with van der Waals surface area (Å²) in [7, 11) is 0. The first-order valence-electron chi connectivity index (χ1n) is 13.1. The Bertz CT molecular complexity index is 1230. The highest BCUT2D eigenvalue weighted by Gasteiger charge is 2.40. The Hall–Kier alpha value is -3.93. The lowest BCUT2D eigenvalue weighted by Gasteiger charge is -2.42. The fraction of sp³-hybridized carbons (Fsp3) is 0.344. The van der Waals surface area contributed by atoms with Crippen molar-refractivity contribution in [2.75, 3.05) is 0 Å². The largest absolute Gasteiger partial charge is 0.480 e. The van der Waals surface area contributed by atoms with Crippen LogP contribution in [-0.4, -0.2) is 39.4 Å². The Morgan fingerprint density at radius 3 is 1.95 bits per heavy atom. The first-order chi connectivity index (χ1) is 18.0. The molecule has 3 aromatic carbocycles. The van der Waals surface area contributed by atoms with Gasteiger partial charge in [-0.05, 0) is 73.4 Å². The average molecular weight is 515 g/mol. The van der Waals surface area contributed by atoms with Crippen molar-refractivity contribution in [3.05, 3.63) is 95.6 Å². The summed E-state index contributed by atoms with van der Waals surface area (Å²) in [6.07, 6.45) is 1.33. The van der Waals surface area contributed by atoms with E-state index in [-0.39, 0.29) is 12.8 Å². The number of carbonyl (C=O) groups excluding carboxylic acids is 2. The molecule has 0 spiro atoms. The minimum Gasteiger partial charge on any atom is -0.480 e. The van der Waals surface area contributed by atoms with E-state index in [2.05, 4.69) is 38.1 Å². The van der Waals surface area contributed by atoms with Gasteiger partial charge in [-0.1, -0.05) is 80.6 Å². The molecule has 6 heteroatoms. The van der Waals surface area contributed by atoms with Crippen LogP contribution >= 0.6 is 0 Å². The topological polar surface area (TPSA) is 101 Å². The Labute approximate surface area is 225 Å². The summed E-state index contributed by atoms with van der Waals surface area (Å²) in [5.74, 6) is -1.68. The van der Waals surface area contributed by atoms with Crippen LogP contribution in [0.1, 0.15) is 74.4 Å². The predicted molar refractivity (Wildman–Crippen MR) is 151 cm³/mol. The Kier molecular flexibility index (Phi) is 9.45. The fourth-order valence-corrected chi connectivity index (χ4v) is 4.85. The van der Waals surface area contributed by atoms with E-state index in [1.54, 1.807) is 12.1 Å². The smallest absolute Gasteiger partial charge is 0.326 e. The van der Waals surface area contributed by atoms with Gasteiger partial charge in [0.15, 0.2) is 0 Å². The number of primary amides is 1. The van der Waals surface area contributed by atoms with Crippen molar-refractivity contribution in [1.29, 1.82) is 0 Å². The molecule has 0 aliphatic rings. The lowest BCUT2D eigenvalue weighted by Crippen LogP contribution is -2.57. The van der Waals surface area contributed by atoms with Crippen LogP contribution in [0.2, 0.25) is 0 Å². The van der Waals surface area contributed by atoms with E-state index in [1.807, 2.05) is 56.3 Å². The van der Waals surface area contributed by atoms with Crippen LogP contribution in [0.25, 0.3) is 11.1 Å². The first-order valence-corrected chi connectivity index (χ1v) is 13.1. The lowest BCUT2D eigenvalue weighted by molar-refractivity contribution is -0.144. The molecule has 200 valence electrons. The molecule has 3 N–H and O–H groups in total. The van der Waals surface area contributed by atoms with Gasteiger partial charge in [-0.3, -0.25) is 9.59 Å². The van der Waals surface area contributed by atoms with Crippen molar-refractivity contribution < 1.29 is 19.5 Å². The van der Waals surface area contributed by atoms with Crippen LogP contribution in [0.3, 0.4) is 0 Å². The van der Waals surface area contributed by atoms with Crippen molar-refractivity contribution in [3.8, 4) is 11.1 Å². The molecule has 0 saturated heterocycles. The quantitative estimate of drug-likeness (QED) is 0.307. The number of carboxylic acid groups (broad SMARTS) is 1. The molecule has 1 unspecified atom stereocenters. The third-order valence-electron chi connectivity index (χ3n) is 7.17. The molecule has 0 fully saturated rings. The van der Waals surface area contributed by atoms with Crippen LogP contribution in [0.15, 0.2) is 78.9 Å². The third kappa shape index (κ3) is 7.09. The van der Waals surface area contributed by atoms with Crippen LogP contribution in [0, 0.1) is 0 Å². The molecule has 2 amide bonds. The zero-order valence-corrected chi connectivity index (χ0v) is 22.7. The van der Waals surface area contributed by atoms with Gasteiger partial charge in [0.1, 0.15) is 6.04 Å². The summed E-state index contributed by atoms with van der Waals surface area (Å²) < 4.78 is 0. The van der Waals surface area contributed by atoms with Crippen LogP contribution in [-0.2, 0) is 16.0 Å². The number of carbonyl (C=O) groups is 3. The maximum absolute atomic E-state index is 13.9. The molecule has 0 radical (unpaired) electrons. The predicted octanol–water partition coefficient (Wildman–Crippen LogP) is 6.05. The van der Waals surface area contributed by atoms with E-state index < -0.39 is 29.4 Å². The number of aliphatic carboxylic acids is 1. The van der Waals surface area contributed by atoms with Gasteiger partial charge in [-0.25, -0.2) is 4.79 Å². The van der Waals surface area contributed by atoms with Gasteiger partial charge >= 0.3 is 5.97 Å². The summed E-state index contributed by atoms with van der Waals surface area (Å²) in [5, 5.41) is 10.1. The highest BCUT2D eigenvalue weighted by Crippen LogP contribution is 2.29. The average Bonchev–Trinajstić information content (AvgIpc) is 2.90. The number of nitrogens with two attached hydrogens (primary N) is 1. The second-order valence-corrected chi connectivity index (χ2v) is 10.5. The maximum Gasteiger partial charge on any atom is 0.326 e. The molecule has 6 nitrogen and oxygen atoms in total. The van der Waals surface area contributed by atoms with Gasteiger partial charge < -0.3 is 15.7 Å². The Morgan fingerprint density at radius 2 is 1.45 bits per heavy atom. The zero-order chi connectivity index (χ0) is 27.9. The summed E-state index contributed by atoms with van der Waals surface area (Å²) in [6.45, 7) is 8.08. The van der Waals surface area contributed by atoms with E-state index >= 15 is 0 Å². The van der Waals surface area contributed by atoms with Crippen molar-refractivity contribution in [2.45, 2.75) is 70.9 Å². The van der Waals surface area contributed by atoms with Gasteiger partial charge in [0.25, 0.3) is 5.91 Å². The summed E-state index contributed by atoms with van der Waals surface area (Å²) in [4.78, 5) is 39.2. The maximum atomic E-state index is 13.9. The number of rotatable bonds is 12. The third-order valence-corrected chi connectivity index (χ3v) is 7.17. The second-order valence-electron chi connectivity index (χ2n) is 10.5. The minimum atomic E-state index is -1.21. The van der Waals surface area contributed by atoms with E-state index in [4.69, 9.17) is 5.73 Å². The number of carboxylic acids is 1. The molecule has 0 aliphatic heterocycles. The van der Waals surface area contributed by atoms with Crippen molar-refractivity contribution >= 4 is 17.8 Å². The molecular weight excluding hydrogens is 476 g/mol. The van der Waals surface area contributed by atoms with Gasteiger partial charge in [0.05, 0.1) is 0 Å². The Morgan fingerprint density at radius 1 is 0.895 bits per heavy atom. The van der Waals surface area contributed by atoms with Crippen LogP contribution in [0.5, 0.6) is 0 Å². The molecule has 0 bridgehead atoms. The molecular formula is C32H38N2O4. The number of nitrogens with zero attached hydrogens (tertiary/aromatic N) is 1. The normalized spacial score (nSPS) is 12.9. The zero-order valence-electron chi connectivity index (χ0n) is 22.7. The van der Waals surface area contributed by atoms with Gasteiger partial charge in [0, 0.05) is 17.5 Å². The molecule has 3 rings (SSSR count). The van der Waals surface area contributed by atoms with Gasteiger partial charge in [0.2, 0.25) is 5.91 Å². The SMILES string of the molecule is CCC(C)c1ccc(-c2ccc(C(=O)N([C@@H](CCC(N)=O)C(=O)O)C(C)(C)Cc3ccccc3)cc2)cc1. The van der Waals surface area contributed by atoms with Crippen molar-refractivity contribution in [1.82, 2.24) is 4.90 Å².